The summed E-state index contributed by atoms with van der Waals surface area (Å²) < 4.78 is 34.6. The van der Waals surface area contributed by atoms with Gasteiger partial charge in [0.25, 0.3) is 0 Å². The van der Waals surface area contributed by atoms with Gasteiger partial charge in [-0.25, -0.2) is 0 Å². The number of esters is 1. The third kappa shape index (κ3) is 8.29. The molecule has 0 aromatic heterocycles. The van der Waals surface area contributed by atoms with E-state index in [4.69, 9.17) is 28.1 Å². The molecule has 2 saturated heterocycles. The normalized spacial score (nSPS) is 28.3. The summed E-state index contributed by atoms with van der Waals surface area (Å²) in [7, 11) is 0. The second-order valence-corrected chi connectivity index (χ2v) is 12.7. The van der Waals surface area contributed by atoms with Crippen molar-refractivity contribution in [3.05, 3.63) is 76.5 Å². The first kappa shape index (κ1) is 39.2. The Balaban J connectivity index is 1.34. The van der Waals surface area contributed by atoms with Crippen molar-refractivity contribution in [3.63, 3.8) is 0 Å². The molecule has 3 heterocycles. The molecule has 19 heteroatoms. The van der Waals surface area contributed by atoms with Crippen LogP contribution in [0, 0.1) is 0 Å². The van der Waals surface area contributed by atoms with Crippen LogP contribution in [-0.2, 0) is 18.9 Å². The molecule has 0 bridgehead atoms. The number of fused-ring (bicyclic) bond motifs is 1. The number of phenols is 5. The van der Waals surface area contributed by atoms with Gasteiger partial charge in [-0.3, -0.25) is 4.79 Å². The first-order chi connectivity index (χ1) is 26.1. The zero-order chi connectivity index (χ0) is 39.7. The molecule has 1 aliphatic carbocycles. The number of hydrogen-bond acceptors (Lipinski definition) is 18. The fourth-order valence-electron chi connectivity index (χ4n) is 5.90. The largest absolute Gasteiger partial charge is 0.510 e. The van der Waals surface area contributed by atoms with Crippen LogP contribution in [0.1, 0.15) is 5.56 Å². The van der Waals surface area contributed by atoms with Gasteiger partial charge in [0.05, 0.1) is 18.2 Å². The van der Waals surface area contributed by atoms with Crippen molar-refractivity contribution < 1.29 is 89.1 Å². The van der Waals surface area contributed by atoms with Gasteiger partial charge >= 0.3 is 5.97 Å². The summed E-state index contributed by atoms with van der Waals surface area (Å²) in [5.74, 6) is -3.79. The van der Waals surface area contributed by atoms with Crippen LogP contribution >= 0.6 is 0 Å². The summed E-state index contributed by atoms with van der Waals surface area (Å²) >= 11 is 0. The molecule has 10 atom stereocenters. The Bertz CT molecular complexity index is 2060. The van der Waals surface area contributed by atoms with Gasteiger partial charge < -0.3 is 89.1 Å². The fourth-order valence-corrected chi connectivity index (χ4v) is 5.90. The number of benzene rings is 3. The third-order valence-corrected chi connectivity index (χ3v) is 8.88. The van der Waals surface area contributed by atoms with Gasteiger partial charge in [-0.05, 0) is 48.0 Å². The van der Waals surface area contributed by atoms with E-state index in [0.29, 0.717) is 5.56 Å². The van der Waals surface area contributed by atoms with Crippen molar-refractivity contribution in [3.8, 4) is 57.1 Å². The van der Waals surface area contributed by atoms with Crippen LogP contribution in [0.25, 0.3) is 28.7 Å². The van der Waals surface area contributed by atoms with E-state index >= 15 is 0 Å². The standard InChI is InChI=1S/C36H36O19/c37-12-25-28(45)30(47)32(49)35(53-25)55-34-31(48)29(46)26(13-50-27(44)6-2-14-1-4-18(39)21(42)7-14)54-36(34)52-24-11-17-20(41)9-16(38)10-23(17)51-33(24)15-3-5-19(40)22(43)8-15/h1-11,25-26,28-32,34-37,39-43,45-49H,12-13H2/p+1/b6-2+. The molecule has 4 aliphatic rings. The molecule has 294 valence electrons. The van der Waals surface area contributed by atoms with Crippen LogP contribution in [0.4, 0.5) is 0 Å². The van der Waals surface area contributed by atoms with Crippen molar-refractivity contribution in [2.75, 3.05) is 13.2 Å². The zero-order valence-electron chi connectivity index (χ0n) is 28.3. The SMILES string of the molecule is O=c1cc2oc(-c3ccc(O)c(O)c3)c(OC3OC(COC(=[OH+])/C=C/c4ccc(O)c(O)c4)C(O)C(O)C3OC3OC(CO)C(O)C(O)C3O)cc-2c(O)c1. The molecule has 0 spiro atoms. The number of aliphatic hydroxyl groups excluding tert-OH is 6. The maximum Gasteiger partial charge on any atom is 0.510 e. The van der Waals surface area contributed by atoms with E-state index in [1.54, 1.807) is 0 Å². The monoisotopic (exact) mass is 773 g/mol. The number of hydrogen-bond donors (Lipinski definition) is 11. The van der Waals surface area contributed by atoms with Crippen molar-refractivity contribution in [2.45, 2.75) is 61.4 Å². The average molecular weight is 774 g/mol. The molecule has 55 heavy (non-hydrogen) atoms. The summed E-state index contributed by atoms with van der Waals surface area (Å²) in [6.45, 7) is -1.48. The van der Waals surface area contributed by atoms with Crippen LogP contribution in [0.5, 0.6) is 34.5 Å². The van der Waals surface area contributed by atoms with Crippen LogP contribution in [0.3, 0.4) is 0 Å². The summed E-state index contributed by atoms with van der Waals surface area (Å²) in [4.78, 5) is 22.6. The molecule has 12 N–H and O–H groups in total. The van der Waals surface area contributed by atoms with E-state index in [9.17, 15) is 65.8 Å². The van der Waals surface area contributed by atoms with Gasteiger partial charge in [0.2, 0.25) is 12.9 Å². The Morgan fingerprint density at radius 3 is 2.09 bits per heavy atom. The topological polar surface area (TPSA) is 320 Å². The van der Waals surface area contributed by atoms with Crippen molar-refractivity contribution in [2.24, 2.45) is 0 Å². The summed E-state index contributed by atoms with van der Waals surface area (Å²) in [6.07, 6.45) is -15.7. The first-order valence-electron chi connectivity index (χ1n) is 16.5. The van der Waals surface area contributed by atoms with Gasteiger partial charge in [0, 0.05) is 17.7 Å². The predicted octanol–water partition coefficient (Wildman–Crippen LogP) is -0.817. The van der Waals surface area contributed by atoms with E-state index in [2.05, 4.69) is 0 Å². The third-order valence-electron chi connectivity index (χ3n) is 8.88. The van der Waals surface area contributed by atoms with Crippen LogP contribution in [-0.4, -0.2) is 142 Å². The highest BCUT2D eigenvalue weighted by Crippen LogP contribution is 2.43. The van der Waals surface area contributed by atoms with Crippen molar-refractivity contribution in [1.29, 1.82) is 0 Å². The second kappa shape index (κ2) is 16.1. The van der Waals surface area contributed by atoms with Gasteiger partial charge in [-0.1, -0.05) is 6.07 Å². The van der Waals surface area contributed by atoms with E-state index in [1.165, 1.54) is 36.4 Å². The molecule has 2 fully saturated rings. The highest BCUT2D eigenvalue weighted by molar-refractivity contribution is 5.88. The molecular weight excluding hydrogens is 736 g/mol. The molecule has 3 aliphatic heterocycles. The number of aliphatic hydroxyl groups is 6. The molecule has 10 unspecified atom stereocenters. The fraction of sp³-hybridized carbons (Fsp3) is 0.333. The van der Waals surface area contributed by atoms with Crippen LogP contribution < -0.4 is 10.2 Å². The molecule has 0 saturated carbocycles. The Labute approximate surface area is 309 Å². The lowest BCUT2D eigenvalue weighted by atomic mass is 9.97. The summed E-state index contributed by atoms with van der Waals surface area (Å²) in [5.41, 5.74) is -0.273. The first-order valence-corrected chi connectivity index (χ1v) is 16.5. The summed E-state index contributed by atoms with van der Waals surface area (Å²) in [6, 6.07) is 10.5. The van der Waals surface area contributed by atoms with Gasteiger partial charge in [0.1, 0.15) is 48.1 Å². The van der Waals surface area contributed by atoms with E-state index < -0.39 is 109 Å². The molecule has 2 aromatic rings. The van der Waals surface area contributed by atoms with Gasteiger partial charge in [-0.2, -0.15) is 0 Å². The minimum absolute atomic E-state index is 0.0546. The highest BCUT2D eigenvalue weighted by Gasteiger charge is 2.52. The lowest BCUT2D eigenvalue weighted by Gasteiger charge is -2.45. The molecule has 2 aromatic carbocycles. The van der Waals surface area contributed by atoms with Crippen molar-refractivity contribution in [1.82, 2.24) is 0 Å². The summed E-state index contributed by atoms with van der Waals surface area (Å²) in [5, 5.41) is 114. The minimum atomic E-state index is -1.99. The van der Waals surface area contributed by atoms with Crippen molar-refractivity contribution >= 4 is 12.0 Å². The number of rotatable bonds is 10. The quantitative estimate of drug-likeness (QED) is 0.0406. The molecule has 0 radical (unpaired) electrons. The zero-order valence-corrected chi connectivity index (χ0v) is 28.3. The predicted molar refractivity (Wildman–Crippen MR) is 184 cm³/mol. The number of aromatic hydroxyl groups is 5. The maximum absolute atomic E-state index is 12.2. The lowest BCUT2D eigenvalue weighted by molar-refractivity contribution is -0.357. The number of phenolic OH excluding ortho intramolecular Hbond substituents is 5. The van der Waals surface area contributed by atoms with E-state index in [1.807, 2.05) is 0 Å². The lowest BCUT2D eigenvalue weighted by Crippen LogP contribution is -2.65. The average Bonchev–Trinajstić information content (AvgIpc) is 3.15. The molecule has 6 rings (SSSR count). The van der Waals surface area contributed by atoms with Crippen LogP contribution in [0.15, 0.2) is 69.9 Å². The van der Waals surface area contributed by atoms with Gasteiger partial charge in [0.15, 0.2) is 58.4 Å². The number of carbonyl (C=O) groups excluding carboxylic acids is 1. The maximum atomic E-state index is 12.2. The van der Waals surface area contributed by atoms with Gasteiger partial charge in [-0.15, -0.1) is 0 Å². The Morgan fingerprint density at radius 2 is 1.40 bits per heavy atom. The van der Waals surface area contributed by atoms with Crippen LogP contribution in [0.2, 0.25) is 0 Å². The molecule has 0 amide bonds. The minimum Gasteiger partial charge on any atom is -0.507 e. The smallest absolute Gasteiger partial charge is 0.507 e. The number of ether oxygens (including phenoxy) is 5. The highest BCUT2D eigenvalue weighted by atomic mass is 16.8. The second-order valence-electron chi connectivity index (χ2n) is 12.7. The molecule has 19 nitrogen and oxygen atoms in total. The van der Waals surface area contributed by atoms with E-state index in [0.717, 1.165) is 30.3 Å². The molecular formula is C36H37O19+. The Hall–Kier alpha value is -5.48. The Morgan fingerprint density at radius 1 is 0.727 bits per heavy atom. The van der Waals surface area contributed by atoms with E-state index in [-0.39, 0.29) is 34.1 Å². The Kier molecular flexibility index (Phi) is 11.5.